The fourth-order valence-electron chi connectivity index (χ4n) is 2.95. The van der Waals surface area contributed by atoms with Gasteiger partial charge in [-0.2, -0.15) is 0 Å². The number of hydrogen-bond acceptors (Lipinski definition) is 4. The zero-order valence-corrected chi connectivity index (χ0v) is 10.4. The lowest BCUT2D eigenvalue weighted by molar-refractivity contribution is 0.121. The Morgan fingerprint density at radius 1 is 1.29 bits per heavy atom. The molecule has 92 valence electrons. The van der Waals surface area contributed by atoms with Crippen molar-refractivity contribution in [2.24, 2.45) is 5.92 Å². The van der Waals surface area contributed by atoms with E-state index in [0.717, 1.165) is 25.6 Å². The average molecular weight is 254 g/mol. The van der Waals surface area contributed by atoms with Gasteiger partial charge in [-0.1, -0.05) is 18.0 Å². The molecule has 0 aromatic carbocycles. The van der Waals surface area contributed by atoms with Crippen LogP contribution in [-0.4, -0.2) is 35.8 Å². The number of aromatic nitrogens is 2. The molecule has 2 heterocycles. The molecule has 2 fully saturated rings. The molecule has 0 radical (unpaired) electrons. The van der Waals surface area contributed by atoms with Crippen LogP contribution in [0.15, 0.2) is 12.4 Å². The minimum absolute atomic E-state index is 0.500. The summed E-state index contributed by atoms with van der Waals surface area (Å²) in [6, 6.07) is 0.520. The van der Waals surface area contributed by atoms with Gasteiger partial charge in [0, 0.05) is 30.9 Å². The molecule has 1 aromatic heterocycles. The smallest absolute Gasteiger partial charge is 0.171 e. The Morgan fingerprint density at radius 3 is 3.06 bits per heavy atom. The molecule has 0 amide bonds. The van der Waals surface area contributed by atoms with Gasteiger partial charge in [0.25, 0.3) is 0 Å². The van der Waals surface area contributed by atoms with Crippen molar-refractivity contribution in [1.29, 1.82) is 0 Å². The highest BCUT2D eigenvalue weighted by Gasteiger charge is 2.35. The molecule has 3 rings (SSSR count). The summed E-state index contributed by atoms with van der Waals surface area (Å²) in [4.78, 5) is 10.8. The number of rotatable bonds is 1. The Labute approximate surface area is 106 Å². The first-order valence-electron chi connectivity index (χ1n) is 6.17. The van der Waals surface area contributed by atoms with E-state index in [4.69, 9.17) is 16.3 Å². The first-order chi connectivity index (χ1) is 8.36. The predicted molar refractivity (Wildman–Crippen MR) is 66.3 cm³/mol. The van der Waals surface area contributed by atoms with Gasteiger partial charge in [0.2, 0.25) is 0 Å². The first kappa shape index (κ1) is 11.2. The van der Waals surface area contributed by atoms with Crippen LogP contribution in [0.3, 0.4) is 0 Å². The first-order valence-corrected chi connectivity index (χ1v) is 6.55. The standard InChI is InChI=1S/C12H16ClN3O/c13-11-12(15-5-4-14-11)16-6-7-17-8-9-2-1-3-10(9)16/h4-5,9-10H,1-3,6-8H2/t9-,10-/m0/s1. The lowest BCUT2D eigenvalue weighted by Crippen LogP contribution is -2.39. The van der Waals surface area contributed by atoms with E-state index < -0.39 is 0 Å². The maximum atomic E-state index is 6.15. The summed E-state index contributed by atoms with van der Waals surface area (Å²) in [5, 5.41) is 0.500. The molecule has 5 heteroatoms. The summed E-state index contributed by atoms with van der Waals surface area (Å²) in [5.41, 5.74) is 0. The molecule has 1 aliphatic carbocycles. The minimum Gasteiger partial charge on any atom is -0.379 e. The summed E-state index contributed by atoms with van der Waals surface area (Å²) >= 11 is 6.15. The van der Waals surface area contributed by atoms with Crippen LogP contribution in [0.5, 0.6) is 0 Å². The van der Waals surface area contributed by atoms with E-state index in [1.807, 2.05) is 0 Å². The van der Waals surface area contributed by atoms with Crippen LogP contribution in [0.25, 0.3) is 0 Å². The van der Waals surface area contributed by atoms with Crippen molar-refractivity contribution < 1.29 is 4.74 Å². The van der Waals surface area contributed by atoms with Crippen molar-refractivity contribution in [3.05, 3.63) is 17.5 Å². The molecule has 0 bridgehead atoms. The van der Waals surface area contributed by atoms with E-state index in [-0.39, 0.29) is 0 Å². The normalized spacial score (nSPS) is 28.9. The number of fused-ring (bicyclic) bond motifs is 1. The Hall–Kier alpha value is -0.870. The monoisotopic (exact) mass is 253 g/mol. The van der Waals surface area contributed by atoms with E-state index >= 15 is 0 Å². The van der Waals surface area contributed by atoms with Crippen LogP contribution in [0.2, 0.25) is 5.15 Å². The van der Waals surface area contributed by atoms with Gasteiger partial charge in [-0.3, -0.25) is 0 Å². The fraction of sp³-hybridized carbons (Fsp3) is 0.667. The lowest BCUT2D eigenvalue weighted by atomic mass is 10.0. The second-order valence-corrected chi connectivity index (χ2v) is 5.06. The summed E-state index contributed by atoms with van der Waals surface area (Å²) in [5.74, 6) is 1.44. The zero-order chi connectivity index (χ0) is 11.7. The molecule has 1 saturated carbocycles. The van der Waals surface area contributed by atoms with Gasteiger partial charge in [-0.25, -0.2) is 9.97 Å². The van der Waals surface area contributed by atoms with Gasteiger partial charge in [-0.15, -0.1) is 0 Å². The van der Waals surface area contributed by atoms with Crippen LogP contribution in [0, 0.1) is 5.92 Å². The van der Waals surface area contributed by atoms with Crippen LogP contribution in [0.4, 0.5) is 5.82 Å². The average Bonchev–Trinajstić information content (AvgIpc) is 2.71. The maximum absolute atomic E-state index is 6.15. The summed E-state index contributed by atoms with van der Waals surface area (Å²) in [7, 11) is 0. The van der Waals surface area contributed by atoms with E-state index in [1.165, 1.54) is 19.3 Å². The van der Waals surface area contributed by atoms with Crippen molar-refractivity contribution in [2.45, 2.75) is 25.3 Å². The van der Waals surface area contributed by atoms with Crippen LogP contribution in [-0.2, 0) is 4.74 Å². The highest BCUT2D eigenvalue weighted by atomic mass is 35.5. The van der Waals surface area contributed by atoms with Gasteiger partial charge in [0.05, 0.1) is 13.2 Å². The summed E-state index contributed by atoms with van der Waals surface area (Å²) in [6.07, 6.45) is 7.07. The van der Waals surface area contributed by atoms with Crippen LogP contribution < -0.4 is 4.90 Å². The molecule has 1 aliphatic heterocycles. The van der Waals surface area contributed by atoms with Gasteiger partial charge in [0.1, 0.15) is 0 Å². The zero-order valence-electron chi connectivity index (χ0n) is 9.68. The van der Waals surface area contributed by atoms with E-state index in [9.17, 15) is 0 Å². The van der Waals surface area contributed by atoms with Crippen molar-refractivity contribution in [3.63, 3.8) is 0 Å². The Morgan fingerprint density at radius 2 is 2.18 bits per heavy atom. The molecule has 0 spiro atoms. The number of nitrogens with zero attached hydrogens (tertiary/aromatic N) is 3. The molecule has 4 nitrogen and oxygen atoms in total. The molecule has 0 N–H and O–H groups in total. The third-order valence-corrected chi connectivity index (χ3v) is 4.00. The second-order valence-electron chi connectivity index (χ2n) is 4.70. The highest BCUT2D eigenvalue weighted by molar-refractivity contribution is 6.31. The molecule has 1 aromatic rings. The number of ether oxygens (including phenoxy) is 1. The van der Waals surface area contributed by atoms with Crippen molar-refractivity contribution in [1.82, 2.24) is 9.97 Å². The van der Waals surface area contributed by atoms with E-state index in [0.29, 0.717) is 17.1 Å². The second kappa shape index (κ2) is 4.78. The SMILES string of the molecule is Clc1nccnc1N1CCOC[C@@H]2CCC[C@@H]21. The Kier molecular flexibility index (Phi) is 3.16. The largest absolute Gasteiger partial charge is 0.379 e. The van der Waals surface area contributed by atoms with Gasteiger partial charge >= 0.3 is 0 Å². The van der Waals surface area contributed by atoms with Crippen LogP contribution >= 0.6 is 11.6 Å². The number of halogens is 1. The maximum Gasteiger partial charge on any atom is 0.171 e. The molecule has 17 heavy (non-hydrogen) atoms. The summed E-state index contributed by atoms with van der Waals surface area (Å²) < 4.78 is 5.67. The quantitative estimate of drug-likeness (QED) is 0.769. The highest BCUT2D eigenvalue weighted by Crippen LogP contribution is 2.35. The van der Waals surface area contributed by atoms with Crippen molar-refractivity contribution in [2.75, 3.05) is 24.7 Å². The van der Waals surface area contributed by atoms with Crippen molar-refractivity contribution in [3.8, 4) is 0 Å². The number of anilines is 1. The molecule has 2 aliphatic rings. The predicted octanol–water partition coefficient (Wildman–Crippen LogP) is 2.14. The lowest BCUT2D eigenvalue weighted by Gasteiger charge is -2.31. The number of hydrogen-bond donors (Lipinski definition) is 0. The van der Waals surface area contributed by atoms with Crippen molar-refractivity contribution >= 4 is 17.4 Å². The molecule has 0 unspecified atom stereocenters. The Bertz CT molecular complexity index is 401. The van der Waals surface area contributed by atoms with E-state index in [2.05, 4.69) is 14.9 Å². The molecular weight excluding hydrogens is 238 g/mol. The molecular formula is C12H16ClN3O. The Balaban J connectivity index is 1.92. The topological polar surface area (TPSA) is 38.2 Å². The fourth-order valence-corrected chi connectivity index (χ4v) is 3.17. The van der Waals surface area contributed by atoms with Gasteiger partial charge < -0.3 is 9.64 Å². The third-order valence-electron chi connectivity index (χ3n) is 3.74. The third kappa shape index (κ3) is 2.11. The molecule has 2 atom stereocenters. The van der Waals surface area contributed by atoms with Crippen LogP contribution in [0.1, 0.15) is 19.3 Å². The van der Waals surface area contributed by atoms with Gasteiger partial charge in [0.15, 0.2) is 11.0 Å². The van der Waals surface area contributed by atoms with Gasteiger partial charge in [-0.05, 0) is 12.8 Å². The summed E-state index contributed by atoms with van der Waals surface area (Å²) in [6.45, 7) is 2.48. The molecule has 1 saturated heterocycles. The minimum atomic E-state index is 0.500. The van der Waals surface area contributed by atoms with E-state index in [1.54, 1.807) is 12.4 Å².